The minimum Gasteiger partial charge on any atom is -0.394 e. The Morgan fingerprint density at radius 2 is 1.10 bits per heavy atom. The molecule has 5 heteroatoms. The molecule has 0 fully saturated rings. The van der Waals surface area contributed by atoms with Crippen molar-refractivity contribution in [1.82, 2.24) is 4.90 Å². The molecule has 0 bridgehead atoms. The van der Waals surface area contributed by atoms with E-state index in [4.69, 9.17) is 19.3 Å². The smallest absolute Gasteiger partial charge is 0.0698 e. The molecule has 0 heterocycles. The average molecular weight is 305 g/mol. The molecule has 0 rings (SSSR count). The largest absolute Gasteiger partial charge is 0.394 e. The molecule has 0 aromatic carbocycles. The molecule has 1 N–H and O–H groups in total. The van der Waals surface area contributed by atoms with Crippen molar-refractivity contribution in [2.24, 2.45) is 0 Å². The summed E-state index contributed by atoms with van der Waals surface area (Å²) in [4.78, 5) is 2.30. The number of hydrogen-bond acceptors (Lipinski definition) is 5. The van der Waals surface area contributed by atoms with Gasteiger partial charge in [0, 0.05) is 32.8 Å². The van der Waals surface area contributed by atoms with E-state index in [1.807, 2.05) is 0 Å². The molecule has 0 aliphatic rings. The summed E-state index contributed by atoms with van der Waals surface area (Å²) < 4.78 is 16.6. The van der Waals surface area contributed by atoms with Crippen molar-refractivity contribution in [3.05, 3.63) is 0 Å². The lowest BCUT2D eigenvalue weighted by atomic mass is 10.4. The molecule has 0 radical (unpaired) electrons. The fraction of sp³-hybridized carbons (Fsp3) is 1.00. The van der Waals surface area contributed by atoms with Crippen LogP contribution in [0.4, 0.5) is 0 Å². The fourth-order valence-electron chi connectivity index (χ4n) is 1.78. The lowest BCUT2D eigenvalue weighted by Crippen LogP contribution is -2.34. The second-order valence-corrected chi connectivity index (χ2v) is 5.11. The molecule has 0 amide bonds. The van der Waals surface area contributed by atoms with Crippen LogP contribution < -0.4 is 0 Å². The van der Waals surface area contributed by atoms with Gasteiger partial charge in [-0.2, -0.15) is 0 Å². The molecule has 0 aliphatic carbocycles. The highest BCUT2D eigenvalue weighted by molar-refractivity contribution is 4.57. The normalized spacial score (nSPS) is 11.4. The van der Waals surface area contributed by atoms with Gasteiger partial charge < -0.3 is 19.3 Å². The molecule has 21 heavy (non-hydrogen) atoms. The molecular formula is C16H35NO4. The number of aliphatic hydroxyl groups is 1. The number of unbranched alkanes of at least 4 members (excludes halogenated alkanes) is 2. The van der Waals surface area contributed by atoms with Crippen LogP contribution in [0.1, 0.15) is 39.5 Å². The van der Waals surface area contributed by atoms with E-state index in [2.05, 4.69) is 18.7 Å². The van der Waals surface area contributed by atoms with E-state index in [1.165, 1.54) is 12.8 Å². The molecular weight excluding hydrogens is 270 g/mol. The van der Waals surface area contributed by atoms with E-state index in [9.17, 15) is 0 Å². The standard InChI is InChI=1S/C16H35NO4/c1-3-5-11-19-13-7-17(9-15-21-16-10-18)8-14-20-12-6-4-2/h18H,3-16H2,1-2H3. The van der Waals surface area contributed by atoms with Crippen molar-refractivity contribution < 1.29 is 19.3 Å². The molecule has 0 aliphatic heterocycles. The number of nitrogens with zero attached hydrogens (tertiary/aromatic N) is 1. The second kappa shape index (κ2) is 17.9. The zero-order valence-corrected chi connectivity index (χ0v) is 14.0. The van der Waals surface area contributed by atoms with Crippen molar-refractivity contribution in [3.8, 4) is 0 Å². The lowest BCUT2D eigenvalue weighted by Gasteiger charge is -2.22. The summed E-state index contributed by atoms with van der Waals surface area (Å²) in [7, 11) is 0. The van der Waals surface area contributed by atoms with Crippen molar-refractivity contribution in [1.29, 1.82) is 0 Å². The SMILES string of the molecule is CCCCOCCN(CCOCCO)CCOCCCC. The maximum absolute atomic E-state index is 8.70. The molecule has 0 aromatic rings. The first kappa shape index (κ1) is 20.8. The van der Waals surface area contributed by atoms with Gasteiger partial charge in [0.15, 0.2) is 0 Å². The van der Waals surface area contributed by atoms with E-state index in [-0.39, 0.29) is 6.61 Å². The number of ether oxygens (including phenoxy) is 3. The van der Waals surface area contributed by atoms with Crippen LogP contribution >= 0.6 is 0 Å². The first-order chi connectivity index (χ1) is 10.3. The van der Waals surface area contributed by atoms with Crippen LogP contribution in [-0.4, -0.2) is 75.9 Å². The average Bonchev–Trinajstić information content (AvgIpc) is 2.50. The molecule has 0 saturated carbocycles. The summed E-state index contributed by atoms with van der Waals surface area (Å²) in [5.74, 6) is 0. The minimum absolute atomic E-state index is 0.0836. The molecule has 0 spiro atoms. The zero-order chi connectivity index (χ0) is 15.6. The summed E-state index contributed by atoms with van der Waals surface area (Å²) in [5, 5.41) is 8.70. The van der Waals surface area contributed by atoms with Gasteiger partial charge in [-0.1, -0.05) is 26.7 Å². The van der Waals surface area contributed by atoms with Crippen LogP contribution in [0, 0.1) is 0 Å². The third kappa shape index (κ3) is 16.0. The third-order valence-corrected chi connectivity index (χ3v) is 3.18. The van der Waals surface area contributed by atoms with Gasteiger partial charge in [-0.15, -0.1) is 0 Å². The van der Waals surface area contributed by atoms with Crippen LogP contribution in [0.15, 0.2) is 0 Å². The van der Waals surface area contributed by atoms with Crippen molar-refractivity contribution >= 4 is 0 Å². The Morgan fingerprint density at radius 1 is 0.667 bits per heavy atom. The molecule has 128 valence electrons. The van der Waals surface area contributed by atoms with E-state index in [0.29, 0.717) is 13.2 Å². The second-order valence-electron chi connectivity index (χ2n) is 5.11. The summed E-state index contributed by atoms with van der Waals surface area (Å²) in [6.45, 7) is 11.4. The summed E-state index contributed by atoms with van der Waals surface area (Å²) in [6, 6.07) is 0. The van der Waals surface area contributed by atoms with E-state index >= 15 is 0 Å². The maximum Gasteiger partial charge on any atom is 0.0698 e. The monoisotopic (exact) mass is 305 g/mol. The predicted octanol–water partition coefficient (Wildman–Crippen LogP) is 1.93. The minimum atomic E-state index is 0.0836. The number of rotatable bonds is 17. The third-order valence-electron chi connectivity index (χ3n) is 3.18. The number of hydrogen-bond donors (Lipinski definition) is 1. The van der Waals surface area contributed by atoms with Gasteiger partial charge in [-0.3, -0.25) is 4.90 Å². The molecule has 0 unspecified atom stereocenters. The summed E-state index contributed by atoms with van der Waals surface area (Å²) in [5.41, 5.74) is 0. The van der Waals surface area contributed by atoms with Crippen molar-refractivity contribution in [2.45, 2.75) is 39.5 Å². The topological polar surface area (TPSA) is 51.2 Å². The Bertz CT molecular complexity index is 179. The van der Waals surface area contributed by atoms with E-state index in [1.54, 1.807) is 0 Å². The number of aliphatic hydroxyl groups excluding tert-OH is 1. The van der Waals surface area contributed by atoms with Crippen LogP contribution in [-0.2, 0) is 14.2 Å². The van der Waals surface area contributed by atoms with Gasteiger partial charge in [-0.05, 0) is 12.8 Å². The molecule has 0 atom stereocenters. The molecule has 0 aromatic heterocycles. The van der Waals surface area contributed by atoms with Crippen LogP contribution in [0.25, 0.3) is 0 Å². The van der Waals surface area contributed by atoms with Crippen LogP contribution in [0.3, 0.4) is 0 Å². The van der Waals surface area contributed by atoms with E-state index < -0.39 is 0 Å². The summed E-state index contributed by atoms with van der Waals surface area (Å²) in [6.07, 6.45) is 4.59. The van der Waals surface area contributed by atoms with Crippen molar-refractivity contribution in [3.63, 3.8) is 0 Å². The Hall–Kier alpha value is -0.200. The van der Waals surface area contributed by atoms with Crippen LogP contribution in [0.2, 0.25) is 0 Å². The summed E-state index contributed by atoms with van der Waals surface area (Å²) >= 11 is 0. The van der Waals surface area contributed by atoms with Crippen molar-refractivity contribution in [2.75, 3.05) is 65.9 Å². The first-order valence-electron chi connectivity index (χ1n) is 8.41. The quantitative estimate of drug-likeness (QED) is 0.416. The predicted molar refractivity (Wildman–Crippen MR) is 85.8 cm³/mol. The maximum atomic E-state index is 8.70. The van der Waals surface area contributed by atoms with Gasteiger partial charge in [-0.25, -0.2) is 0 Å². The zero-order valence-electron chi connectivity index (χ0n) is 14.0. The molecule has 5 nitrogen and oxygen atoms in total. The lowest BCUT2D eigenvalue weighted by molar-refractivity contribution is 0.0432. The van der Waals surface area contributed by atoms with Gasteiger partial charge in [0.1, 0.15) is 0 Å². The first-order valence-corrected chi connectivity index (χ1v) is 8.41. The van der Waals surface area contributed by atoms with E-state index in [0.717, 1.165) is 58.9 Å². The van der Waals surface area contributed by atoms with Crippen LogP contribution in [0.5, 0.6) is 0 Å². The van der Waals surface area contributed by atoms with Gasteiger partial charge in [0.25, 0.3) is 0 Å². The Kier molecular flexibility index (Phi) is 17.7. The van der Waals surface area contributed by atoms with Gasteiger partial charge in [0.05, 0.1) is 33.0 Å². The van der Waals surface area contributed by atoms with Gasteiger partial charge in [0.2, 0.25) is 0 Å². The molecule has 0 saturated heterocycles. The van der Waals surface area contributed by atoms with Gasteiger partial charge >= 0.3 is 0 Å². The fourth-order valence-corrected chi connectivity index (χ4v) is 1.78. The highest BCUT2D eigenvalue weighted by Gasteiger charge is 2.05. The Labute approximate surface area is 130 Å². The highest BCUT2D eigenvalue weighted by atomic mass is 16.5. The Balaban J connectivity index is 3.69. The highest BCUT2D eigenvalue weighted by Crippen LogP contribution is 1.94. The Morgan fingerprint density at radius 3 is 1.48 bits per heavy atom.